The highest BCUT2D eigenvalue weighted by Gasteiger charge is 2.27. The lowest BCUT2D eigenvalue weighted by Crippen LogP contribution is -2.37. The van der Waals surface area contributed by atoms with Crippen LogP contribution in [0.1, 0.15) is 46.9 Å². The molecule has 1 amide bonds. The predicted molar refractivity (Wildman–Crippen MR) is 102 cm³/mol. The van der Waals surface area contributed by atoms with Gasteiger partial charge in [0.15, 0.2) is 0 Å². The van der Waals surface area contributed by atoms with Crippen molar-refractivity contribution < 1.29 is 9.53 Å². The minimum atomic E-state index is -0.0776. The standard InChI is InChI=1S/C20H25N5O2/c1-14-2-3-16(12-22-14)19(26)23-17-5-9-25(13-17)20-21-8-4-18(24-20)15-6-10-27-11-7-15/h2-4,8,12,15,17H,5-7,9-11,13H2,1H3,(H,23,26). The predicted octanol–water partition coefficient (Wildman–Crippen LogP) is 2.08. The molecule has 0 bridgehead atoms. The Hall–Kier alpha value is -2.54. The summed E-state index contributed by atoms with van der Waals surface area (Å²) in [5, 5.41) is 3.10. The van der Waals surface area contributed by atoms with Crippen LogP contribution in [0.3, 0.4) is 0 Å². The maximum absolute atomic E-state index is 12.4. The van der Waals surface area contributed by atoms with Gasteiger partial charge in [-0.15, -0.1) is 0 Å². The molecule has 4 heterocycles. The average Bonchev–Trinajstić information content (AvgIpc) is 3.18. The normalized spacial score (nSPS) is 20.6. The Balaban J connectivity index is 1.37. The molecular formula is C20H25N5O2. The number of carbonyl (C=O) groups excluding carboxylic acids is 1. The van der Waals surface area contributed by atoms with Crippen LogP contribution in [-0.2, 0) is 4.74 Å². The van der Waals surface area contributed by atoms with Gasteiger partial charge in [-0.25, -0.2) is 9.97 Å². The van der Waals surface area contributed by atoms with Crippen molar-refractivity contribution >= 4 is 11.9 Å². The third-order valence-corrected chi connectivity index (χ3v) is 5.28. The number of ether oxygens (including phenoxy) is 1. The van der Waals surface area contributed by atoms with Crippen molar-refractivity contribution in [3.8, 4) is 0 Å². The third-order valence-electron chi connectivity index (χ3n) is 5.28. The van der Waals surface area contributed by atoms with Crippen molar-refractivity contribution in [1.82, 2.24) is 20.3 Å². The Kier molecular flexibility index (Phi) is 5.29. The summed E-state index contributed by atoms with van der Waals surface area (Å²) in [4.78, 5) is 28.0. The number of pyridine rings is 1. The van der Waals surface area contributed by atoms with Crippen LogP contribution in [0.25, 0.3) is 0 Å². The molecule has 0 aromatic carbocycles. The number of amides is 1. The van der Waals surface area contributed by atoms with Gasteiger partial charge in [0.05, 0.1) is 5.56 Å². The molecule has 1 N–H and O–H groups in total. The fraction of sp³-hybridized carbons (Fsp3) is 0.500. The second kappa shape index (κ2) is 8.00. The Bertz CT molecular complexity index is 789. The van der Waals surface area contributed by atoms with Crippen molar-refractivity contribution in [2.45, 2.75) is 38.1 Å². The summed E-state index contributed by atoms with van der Waals surface area (Å²) in [5.41, 5.74) is 2.60. The van der Waals surface area contributed by atoms with Crippen LogP contribution in [0.2, 0.25) is 0 Å². The zero-order valence-electron chi connectivity index (χ0n) is 15.6. The number of hydrogen-bond donors (Lipinski definition) is 1. The molecular weight excluding hydrogens is 342 g/mol. The minimum Gasteiger partial charge on any atom is -0.381 e. The molecule has 0 aliphatic carbocycles. The van der Waals surface area contributed by atoms with Crippen LogP contribution in [0.4, 0.5) is 5.95 Å². The van der Waals surface area contributed by atoms with E-state index >= 15 is 0 Å². The first-order valence-corrected chi connectivity index (χ1v) is 9.58. The molecule has 2 aliphatic heterocycles. The molecule has 0 saturated carbocycles. The SMILES string of the molecule is Cc1ccc(C(=O)NC2CCN(c3nccc(C4CCOCC4)n3)C2)cn1. The maximum Gasteiger partial charge on any atom is 0.253 e. The zero-order chi connectivity index (χ0) is 18.6. The summed E-state index contributed by atoms with van der Waals surface area (Å²) in [6.07, 6.45) is 6.38. The molecule has 4 rings (SSSR count). The fourth-order valence-corrected chi connectivity index (χ4v) is 3.67. The van der Waals surface area contributed by atoms with E-state index in [2.05, 4.69) is 20.2 Å². The van der Waals surface area contributed by atoms with Crippen LogP contribution >= 0.6 is 0 Å². The van der Waals surface area contributed by atoms with E-state index in [1.54, 1.807) is 6.20 Å². The Labute approximate surface area is 159 Å². The summed E-state index contributed by atoms with van der Waals surface area (Å²) in [6, 6.07) is 5.77. The van der Waals surface area contributed by atoms with Gasteiger partial charge in [-0.1, -0.05) is 0 Å². The minimum absolute atomic E-state index is 0.0776. The van der Waals surface area contributed by atoms with Crippen molar-refractivity contribution in [1.29, 1.82) is 0 Å². The molecule has 7 nitrogen and oxygen atoms in total. The van der Waals surface area contributed by atoms with Crippen LogP contribution in [0, 0.1) is 6.92 Å². The van der Waals surface area contributed by atoms with E-state index in [0.29, 0.717) is 11.5 Å². The van der Waals surface area contributed by atoms with Gasteiger partial charge in [0.25, 0.3) is 5.91 Å². The first-order chi connectivity index (χ1) is 13.2. The second-order valence-electron chi connectivity index (χ2n) is 7.26. The third kappa shape index (κ3) is 4.24. The van der Waals surface area contributed by atoms with E-state index in [9.17, 15) is 4.79 Å². The average molecular weight is 367 g/mol. The lowest BCUT2D eigenvalue weighted by atomic mass is 9.96. The molecule has 2 saturated heterocycles. The smallest absolute Gasteiger partial charge is 0.253 e. The van der Waals surface area contributed by atoms with Crippen molar-refractivity contribution in [3.63, 3.8) is 0 Å². The van der Waals surface area contributed by atoms with Crippen molar-refractivity contribution in [2.75, 3.05) is 31.2 Å². The van der Waals surface area contributed by atoms with E-state index in [0.717, 1.165) is 62.9 Å². The van der Waals surface area contributed by atoms with Gasteiger partial charge in [-0.3, -0.25) is 9.78 Å². The molecule has 2 aromatic heterocycles. The molecule has 142 valence electrons. The molecule has 7 heteroatoms. The summed E-state index contributed by atoms with van der Waals surface area (Å²) < 4.78 is 5.45. The molecule has 1 atom stereocenters. The van der Waals surface area contributed by atoms with Crippen LogP contribution < -0.4 is 10.2 Å². The number of rotatable bonds is 4. The number of nitrogens with one attached hydrogen (secondary N) is 1. The second-order valence-corrected chi connectivity index (χ2v) is 7.26. The number of aryl methyl sites for hydroxylation is 1. The van der Waals surface area contributed by atoms with E-state index in [-0.39, 0.29) is 11.9 Å². The topological polar surface area (TPSA) is 80.2 Å². The summed E-state index contributed by atoms with van der Waals surface area (Å²) in [5.74, 6) is 1.13. The number of carbonyl (C=O) groups is 1. The van der Waals surface area contributed by atoms with Gasteiger partial charge in [0, 0.05) is 62.0 Å². The quantitative estimate of drug-likeness (QED) is 0.891. The van der Waals surface area contributed by atoms with Gasteiger partial charge in [-0.2, -0.15) is 0 Å². The van der Waals surface area contributed by atoms with Gasteiger partial charge >= 0.3 is 0 Å². The van der Waals surface area contributed by atoms with Gasteiger partial charge in [0.1, 0.15) is 0 Å². The Morgan fingerprint density at radius 3 is 2.81 bits per heavy atom. The summed E-state index contributed by atoms with van der Waals surface area (Å²) in [6.45, 7) is 5.08. The largest absolute Gasteiger partial charge is 0.381 e. The Morgan fingerprint density at radius 1 is 1.19 bits per heavy atom. The lowest BCUT2D eigenvalue weighted by molar-refractivity contribution is 0.0845. The fourth-order valence-electron chi connectivity index (χ4n) is 3.67. The molecule has 0 spiro atoms. The monoisotopic (exact) mass is 367 g/mol. The van der Waals surface area contributed by atoms with E-state index in [1.807, 2.05) is 31.3 Å². The Morgan fingerprint density at radius 2 is 2.04 bits per heavy atom. The van der Waals surface area contributed by atoms with Crippen molar-refractivity contribution in [3.05, 3.63) is 47.5 Å². The first-order valence-electron chi connectivity index (χ1n) is 9.58. The lowest BCUT2D eigenvalue weighted by Gasteiger charge is -2.23. The highest BCUT2D eigenvalue weighted by atomic mass is 16.5. The van der Waals surface area contributed by atoms with Gasteiger partial charge in [-0.05, 0) is 44.4 Å². The number of anilines is 1. The van der Waals surface area contributed by atoms with Crippen LogP contribution in [-0.4, -0.2) is 53.2 Å². The first kappa shape index (κ1) is 17.9. The van der Waals surface area contributed by atoms with Gasteiger partial charge in [0.2, 0.25) is 5.95 Å². The number of nitrogens with zero attached hydrogens (tertiary/aromatic N) is 4. The molecule has 27 heavy (non-hydrogen) atoms. The van der Waals surface area contributed by atoms with Crippen molar-refractivity contribution in [2.24, 2.45) is 0 Å². The number of hydrogen-bond acceptors (Lipinski definition) is 6. The molecule has 2 aromatic rings. The number of aromatic nitrogens is 3. The van der Waals surface area contributed by atoms with E-state index in [4.69, 9.17) is 9.72 Å². The molecule has 1 unspecified atom stereocenters. The van der Waals surface area contributed by atoms with Crippen LogP contribution in [0.5, 0.6) is 0 Å². The van der Waals surface area contributed by atoms with E-state index in [1.165, 1.54) is 0 Å². The zero-order valence-corrected chi connectivity index (χ0v) is 15.6. The molecule has 2 aliphatic rings. The molecule has 0 radical (unpaired) electrons. The summed E-state index contributed by atoms with van der Waals surface area (Å²) in [7, 11) is 0. The summed E-state index contributed by atoms with van der Waals surface area (Å²) >= 11 is 0. The van der Waals surface area contributed by atoms with Crippen LogP contribution in [0.15, 0.2) is 30.6 Å². The van der Waals surface area contributed by atoms with Gasteiger partial charge < -0.3 is 15.0 Å². The maximum atomic E-state index is 12.4. The highest BCUT2D eigenvalue weighted by molar-refractivity contribution is 5.94. The highest BCUT2D eigenvalue weighted by Crippen LogP contribution is 2.26. The van der Waals surface area contributed by atoms with E-state index < -0.39 is 0 Å². The molecule has 2 fully saturated rings.